The second-order valence-corrected chi connectivity index (χ2v) is 20.6. The Labute approximate surface area is 350 Å². The van der Waals surface area contributed by atoms with Crippen molar-refractivity contribution in [2.45, 2.75) is 134 Å². The van der Waals surface area contributed by atoms with Crippen molar-refractivity contribution in [3.63, 3.8) is 0 Å². The molecule has 4 aromatic carbocycles. The van der Waals surface area contributed by atoms with Crippen LogP contribution in [0.2, 0.25) is 0 Å². The van der Waals surface area contributed by atoms with Crippen LogP contribution in [0.25, 0.3) is 0 Å². The molecule has 0 saturated heterocycles. The van der Waals surface area contributed by atoms with E-state index in [0.717, 1.165) is 19.3 Å². The topological polar surface area (TPSA) is 98.9 Å². The van der Waals surface area contributed by atoms with Crippen LogP contribution >= 0.6 is 0 Å². The molecule has 6 heteroatoms. The summed E-state index contributed by atoms with van der Waals surface area (Å²) in [6.07, 6.45) is 2.86. The van der Waals surface area contributed by atoms with Gasteiger partial charge in [0, 0.05) is 12.6 Å². The number of anilines is 1. The minimum absolute atomic E-state index is 0.0131. The van der Waals surface area contributed by atoms with Crippen molar-refractivity contribution in [3.05, 3.63) is 119 Å². The van der Waals surface area contributed by atoms with E-state index in [4.69, 9.17) is 15.2 Å². The van der Waals surface area contributed by atoms with Crippen molar-refractivity contribution in [2.24, 2.45) is 33.0 Å². The van der Waals surface area contributed by atoms with Crippen LogP contribution in [0.1, 0.15) is 161 Å². The lowest BCUT2D eigenvalue weighted by Crippen LogP contribution is -2.45. The quantitative estimate of drug-likeness (QED) is 0.0666. The van der Waals surface area contributed by atoms with E-state index in [1.165, 1.54) is 23.6 Å². The average molecular weight is 790 g/mol. The molecule has 6 nitrogen and oxygen atoms in total. The molecule has 0 aliphatic heterocycles. The number of nitrogens with two attached hydrogens (primary N) is 1. The smallest absolute Gasteiger partial charge is 0.343 e. The molecule has 4 rings (SSSR count). The molecule has 58 heavy (non-hydrogen) atoms. The maximum absolute atomic E-state index is 12.9. The van der Waals surface area contributed by atoms with Crippen LogP contribution in [-0.4, -0.2) is 17.0 Å². The minimum Gasteiger partial charge on any atom is -0.508 e. The Morgan fingerprint density at radius 3 is 1.41 bits per heavy atom. The van der Waals surface area contributed by atoms with Gasteiger partial charge in [0.2, 0.25) is 0 Å². The first-order chi connectivity index (χ1) is 26.7. The van der Waals surface area contributed by atoms with Crippen molar-refractivity contribution in [3.8, 4) is 17.2 Å². The highest BCUT2D eigenvalue weighted by Gasteiger charge is 2.51. The normalized spacial score (nSPS) is 14.5. The maximum Gasteiger partial charge on any atom is 0.343 e. The maximum atomic E-state index is 12.9. The van der Waals surface area contributed by atoms with E-state index in [1.54, 1.807) is 36.4 Å². The summed E-state index contributed by atoms with van der Waals surface area (Å²) in [5.41, 5.74) is 9.86. The number of aromatic hydroxyl groups is 1. The zero-order valence-electron chi connectivity index (χ0n) is 37.8. The largest absolute Gasteiger partial charge is 0.508 e. The van der Waals surface area contributed by atoms with Gasteiger partial charge in [-0.25, -0.2) is 4.79 Å². The van der Waals surface area contributed by atoms with Gasteiger partial charge < -0.3 is 20.3 Å². The number of benzene rings is 4. The van der Waals surface area contributed by atoms with Crippen LogP contribution in [0.3, 0.4) is 0 Å². The van der Waals surface area contributed by atoms with Crippen LogP contribution in [0.15, 0.2) is 97.1 Å². The second-order valence-electron chi connectivity index (χ2n) is 20.6. The monoisotopic (exact) mass is 790 g/mol. The Hall–Kier alpha value is -4.58. The molecule has 0 fully saturated rings. The molecule has 314 valence electrons. The predicted molar refractivity (Wildman–Crippen MR) is 240 cm³/mol. The van der Waals surface area contributed by atoms with Crippen molar-refractivity contribution in [2.75, 3.05) is 5.73 Å². The van der Waals surface area contributed by atoms with Gasteiger partial charge in [0.05, 0.1) is 5.56 Å². The minimum atomic E-state index is -0.415. The molecule has 0 saturated carbocycles. The van der Waals surface area contributed by atoms with Gasteiger partial charge >= 0.3 is 11.9 Å². The predicted octanol–water partition coefficient (Wildman–Crippen LogP) is 13.7. The highest BCUT2D eigenvalue weighted by Crippen LogP contribution is 2.62. The highest BCUT2D eigenvalue weighted by atomic mass is 16.5. The third kappa shape index (κ3) is 10.9. The molecule has 0 spiro atoms. The Balaban J connectivity index is 1.74. The third-order valence-corrected chi connectivity index (χ3v) is 13.9. The molecule has 3 atom stereocenters. The summed E-state index contributed by atoms with van der Waals surface area (Å²) in [6.45, 7) is 32.4. The van der Waals surface area contributed by atoms with Gasteiger partial charge in [-0.1, -0.05) is 126 Å². The van der Waals surface area contributed by atoms with E-state index < -0.39 is 5.97 Å². The van der Waals surface area contributed by atoms with Crippen LogP contribution in [-0.2, 0) is 4.79 Å². The van der Waals surface area contributed by atoms with Gasteiger partial charge in [0.1, 0.15) is 17.2 Å². The number of phenols is 1. The lowest BCUT2D eigenvalue weighted by Gasteiger charge is -2.55. The number of phenolic OH excluding ortho intramolecular Hbond substituents is 1. The third-order valence-electron chi connectivity index (χ3n) is 13.9. The first-order valence-electron chi connectivity index (χ1n) is 21.0. The van der Waals surface area contributed by atoms with E-state index >= 15 is 0 Å². The fourth-order valence-corrected chi connectivity index (χ4v) is 8.72. The lowest BCUT2D eigenvalue weighted by atomic mass is 9.49. The number of nitrogen functional groups attached to an aromatic ring is 1. The van der Waals surface area contributed by atoms with Gasteiger partial charge in [0.15, 0.2) is 0 Å². The lowest BCUT2D eigenvalue weighted by molar-refractivity contribution is -0.131. The molecule has 0 amide bonds. The molecule has 0 aliphatic rings. The van der Waals surface area contributed by atoms with Crippen molar-refractivity contribution >= 4 is 17.6 Å². The van der Waals surface area contributed by atoms with Crippen molar-refractivity contribution in [1.29, 1.82) is 0 Å². The molecule has 0 radical (unpaired) electrons. The van der Waals surface area contributed by atoms with E-state index in [9.17, 15) is 14.7 Å². The van der Waals surface area contributed by atoms with Crippen LogP contribution in [0.4, 0.5) is 5.69 Å². The second kappa shape index (κ2) is 17.7. The number of carbonyl (C=O) groups is 2. The van der Waals surface area contributed by atoms with E-state index in [-0.39, 0.29) is 56.5 Å². The molecular formula is C52H71NO5. The summed E-state index contributed by atoms with van der Waals surface area (Å²) in [5, 5.41) is 10.1. The van der Waals surface area contributed by atoms with Gasteiger partial charge in [-0.05, 0) is 147 Å². The Kier molecular flexibility index (Phi) is 14.1. The molecule has 0 bridgehead atoms. The zero-order valence-corrected chi connectivity index (χ0v) is 37.8. The number of hydrogen-bond donors (Lipinski definition) is 2. The Morgan fingerprint density at radius 2 is 0.966 bits per heavy atom. The first-order valence-corrected chi connectivity index (χ1v) is 21.0. The fraction of sp³-hybridized carbons (Fsp3) is 0.500. The standard InChI is InChI=1S/C52H71NO5/c1-34(2)31-44(36-19-29-43(30-20-36)58-47(56)39-15-23-40(53)24-16-39)51(11,12)50(9,10)33-46(38-21-27-42(28-22-38)57-35(3)54)52(13,14)49(7,8)32-45(48(4,5)6)37-17-25-41(55)26-18-37/h15-30,34,44-46,55H,31-33,53H2,1-14H3. The Morgan fingerprint density at radius 1 is 0.569 bits per heavy atom. The number of carbonyl (C=O) groups excluding carboxylic acids is 2. The molecule has 0 heterocycles. The average Bonchev–Trinajstić information content (AvgIpc) is 3.12. The van der Waals surface area contributed by atoms with Crippen molar-refractivity contribution < 1.29 is 24.2 Å². The summed E-state index contributed by atoms with van der Waals surface area (Å²) < 4.78 is 11.3. The zero-order chi connectivity index (χ0) is 43.4. The molecular weight excluding hydrogens is 719 g/mol. The summed E-state index contributed by atoms with van der Waals surface area (Å²) >= 11 is 0. The van der Waals surface area contributed by atoms with Gasteiger partial charge in [-0.2, -0.15) is 0 Å². The summed E-state index contributed by atoms with van der Waals surface area (Å²) in [5.74, 6) is 1.65. The summed E-state index contributed by atoms with van der Waals surface area (Å²) in [7, 11) is 0. The SMILES string of the molecule is CC(=O)Oc1ccc(C(CC(C)(C)C(C)(C)C(CC(C)C)c2ccc(OC(=O)c3ccc(N)cc3)cc2)C(C)(C)C(C)(C)CC(c2ccc(O)cc2)C(C)(C)C)cc1. The van der Waals surface area contributed by atoms with E-state index in [1.807, 2.05) is 24.3 Å². The fourth-order valence-electron chi connectivity index (χ4n) is 8.72. The summed E-state index contributed by atoms with van der Waals surface area (Å²) in [6, 6.07) is 30.8. The summed E-state index contributed by atoms with van der Waals surface area (Å²) in [4.78, 5) is 24.8. The van der Waals surface area contributed by atoms with Gasteiger partial charge in [0.25, 0.3) is 0 Å². The number of rotatable bonds is 16. The highest BCUT2D eigenvalue weighted by molar-refractivity contribution is 5.91. The van der Waals surface area contributed by atoms with E-state index in [0.29, 0.717) is 28.7 Å². The molecule has 0 aliphatic carbocycles. The Bertz CT molecular complexity index is 1960. The van der Waals surface area contributed by atoms with Crippen molar-refractivity contribution in [1.82, 2.24) is 0 Å². The van der Waals surface area contributed by atoms with Crippen LogP contribution in [0.5, 0.6) is 17.2 Å². The van der Waals surface area contributed by atoms with Gasteiger partial charge in [-0.15, -0.1) is 0 Å². The first kappa shape index (κ1) is 46.1. The molecule has 4 aromatic rings. The van der Waals surface area contributed by atoms with Gasteiger partial charge in [-0.3, -0.25) is 4.79 Å². The molecule has 3 unspecified atom stereocenters. The molecule has 3 N–H and O–H groups in total. The molecule has 0 aromatic heterocycles. The number of hydrogen-bond acceptors (Lipinski definition) is 6. The number of ether oxygens (including phenoxy) is 2. The van der Waals surface area contributed by atoms with Crippen LogP contribution in [0, 0.1) is 33.0 Å². The van der Waals surface area contributed by atoms with Crippen LogP contribution < -0.4 is 15.2 Å². The number of esters is 2. The van der Waals surface area contributed by atoms with E-state index in [2.05, 4.69) is 126 Å².